The number of aryl methyl sites for hydroxylation is 1. The second-order valence-electron chi connectivity index (χ2n) is 20.0. The zero-order valence-electron chi connectivity index (χ0n) is 39.5. The third-order valence-electron chi connectivity index (χ3n) is 15.0. The van der Waals surface area contributed by atoms with Gasteiger partial charge in [-0.05, 0) is 104 Å². The molecule has 65 heavy (non-hydrogen) atoms. The molecule has 5 aliphatic rings. The number of nitrogens with one attached hydrogen (secondary N) is 5. The Labute approximate surface area is 387 Å². The summed E-state index contributed by atoms with van der Waals surface area (Å²) in [5.41, 5.74) is 8.39. The SMILES string of the molecule is CCC(CC)CNc1ncc2c(-c3ccc(CN4CCN(CC5CC6(C5)CN(CCCCc5ccc(NC7CCC(=O)NC7=O)c(NC)c5)C6)CC4)cc3)c[nH]c2n1.OC1CCCCC1. The number of amides is 2. The quantitative estimate of drug-likeness (QED) is 0.0427. The summed E-state index contributed by atoms with van der Waals surface area (Å²) in [6.07, 6.45) is 19.4. The van der Waals surface area contributed by atoms with E-state index in [0.717, 1.165) is 92.2 Å². The van der Waals surface area contributed by atoms with Gasteiger partial charge in [0.15, 0.2) is 0 Å². The largest absolute Gasteiger partial charge is 0.393 e. The molecule has 1 spiro atoms. The predicted octanol–water partition coefficient (Wildman–Crippen LogP) is 7.90. The Morgan fingerprint density at radius 2 is 1.62 bits per heavy atom. The zero-order valence-corrected chi connectivity index (χ0v) is 39.5. The number of carbonyl (C=O) groups is 2. The Morgan fingerprint density at radius 1 is 0.877 bits per heavy atom. The Hall–Kier alpha value is -4.56. The van der Waals surface area contributed by atoms with Crippen molar-refractivity contribution >= 4 is 40.2 Å². The maximum absolute atomic E-state index is 12.2. The summed E-state index contributed by atoms with van der Waals surface area (Å²) in [6, 6.07) is 15.1. The summed E-state index contributed by atoms with van der Waals surface area (Å²) >= 11 is 0. The maximum atomic E-state index is 12.2. The smallest absolute Gasteiger partial charge is 0.249 e. The van der Waals surface area contributed by atoms with Gasteiger partial charge in [-0.3, -0.25) is 19.8 Å². The van der Waals surface area contributed by atoms with Crippen LogP contribution < -0.4 is 21.3 Å². The summed E-state index contributed by atoms with van der Waals surface area (Å²) in [5, 5.41) is 22.4. The minimum Gasteiger partial charge on any atom is -0.393 e. The minimum absolute atomic E-state index is 0.0359. The van der Waals surface area contributed by atoms with E-state index in [0.29, 0.717) is 30.1 Å². The number of H-pyrrole nitrogens is 1. The minimum atomic E-state index is -0.379. The van der Waals surface area contributed by atoms with Gasteiger partial charge in [-0.2, -0.15) is 4.98 Å². The van der Waals surface area contributed by atoms with Gasteiger partial charge in [0, 0.05) is 95.7 Å². The average Bonchev–Trinajstić information content (AvgIpc) is 3.72. The molecule has 3 saturated heterocycles. The summed E-state index contributed by atoms with van der Waals surface area (Å²) in [5.74, 6) is 1.76. The number of nitrogens with zero attached hydrogens (tertiary/aromatic N) is 5. The lowest BCUT2D eigenvalue weighted by Crippen LogP contribution is -2.63. The number of benzene rings is 2. The van der Waals surface area contributed by atoms with E-state index in [1.165, 1.54) is 101 Å². The van der Waals surface area contributed by atoms with Gasteiger partial charge < -0.3 is 35.8 Å². The molecule has 9 rings (SSSR count). The van der Waals surface area contributed by atoms with E-state index in [-0.39, 0.29) is 24.0 Å². The highest BCUT2D eigenvalue weighted by molar-refractivity contribution is 6.01. The van der Waals surface area contributed by atoms with Gasteiger partial charge >= 0.3 is 0 Å². The van der Waals surface area contributed by atoms with Crippen molar-refractivity contribution in [3.63, 3.8) is 0 Å². The van der Waals surface area contributed by atoms with Crippen LogP contribution in [-0.2, 0) is 22.6 Å². The Morgan fingerprint density at radius 3 is 2.31 bits per heavy atom. The van der Waals surface area contributed by atoms with Gasteiger partial charge in [0.2, 0.25) is 17.8 Å². The van der Waals surface area contributed by atoms with E-state index in [1.54, 1.807) is 0 Å². The van der Waals surface area contributed by atoms with E-state index in [4.69, 9.17) is 10.1 Å². The van der Waals surface area contributed by atoms with Crippen LogP contribution in [0.5, 0.6) is 0 Å². The summed E-state index contributed by atoms with van der Waals surface area (Å²) < 4.78 is 0. The molecule has 0 radical (unpaired) electrons. The number of hydrogen-bond donors (Lipinski definition) is 6. The van der Waals surface area contributed by atoms with E-state index < -0.39 is 0 Å². The number of rotatable bonds is 18. The maximum Gasteiger partial charge on any atom is 0.249 e. The lowest BCUT2D eigenvalue weighted by atomic mass is 9.57. The van der Waals surface area contributed by atoms with Crippen molar-refractivity contribution in [2.75, 3.05) is 81.9 Å². The van der Waals surface area contributed by atoms with Crippen LogP contribution in [0.15, 0.2) is 54.9 Å². The van der Waals surface area contributed by atoms with E-state index in [2.05, 4.69) is 108 Å². The van der Waals surface area contributed by atoms with E-state index in [9.17, 15) is 9.59 Å². The molecular weight excluding hydrogens is 813 g/mol. The third-order valence-corrected chi connectivity index (χ3v) is 15.0. The number of hydrogen-bond acceptors (Lipinski definition) is 11. The van der Waals surface area contributed by atoms with Gasteiger partial charge in [-0.1, -0.05) is 76.3 Å². The standard InChI is InChI=1S/C46H64N10O2.C6H12O/c1-4-32(5-2)25-49-45-50-27-38-37(26-48-43(38)53-45)36-12-9-34(10-13-36)28-54-18-20-55(21-19-54)29-35-23-46(24-35)30-56(31-46)17-7-6-8-33-11-14-39(41(22-33)47-3)51-40-15-16-42(57)52-44(40)58;7-6-4-2-1-3-5-6/h9-14,22,26-27,32,35,40,47,51H,4-8,15-21,23-25,28-31H2,1-3H3,(H,52,57,58)(H2,48,49,50,53);6-7H,1-5H2. The molecule has 2 aromatic heterocycles. The normalized spacial score (nSPS) is 20.8. The van der Waals surface area contributed by atoms with Crippen LogP contribution in [0.1, 0.15) is 108 Å². The van der Waals surface area contributed by atoms with Crippen LogP contribution in [-0.4, -0.2) is 125 Å². The van der Waals surface area contributed by atoms with Crippen molar-refractivity contribution in [2.24, 2.45) is 17.3 Å². The molecule has 6 N–H and O–H groups in total. The number of anilines is 3. The number of aliphatic hydroxyl groups is 1. The molecular formula is C52H76N10O3. The fraction of sp³-hybridized carbons (Fsp3) is 0.615. The van der Waals surface area contributed by atoms with Crippen LogP contribution in [0.3, 0.4) is 0 Å². The van der Waals surface area contributed by atoms with Crippen molar-refractivity contribution in [1.29, 1.82) is 0 Å². The fourth-order valence-electron chi connectivity index (χ4n) is 11.0. The number of piperazine rings is 1. The van der Waals surface area contributed by atoms with Crippen molar-refractivity contribution in [1.82, 2.24) is 35.0 Å². The third kappa shape index (κ3) is 12.5. The van der Waals surface area contributed by atoms with E-state index >= 15 is 0 Å². The first-order chi connectivity index (χ1) is 31.7. The number of carbonyl (C=O) groups excluding carboxylic acids is 2. The number of aromatic amines is 1. The molecule has 1 atom stereocenters. The van der Waals surface area contributed by atoms with Crippen LogP contribution >= 0.6 is 0 Å². The number of aliphatic hydroxyl groups excluding tert-OH is 1. The number of unbranched alkanes of at least 4 members (excludes halogenated alkanes) is 1. The second-order valence-corrected chi connectivity index (χ2v) is 20.0. The molecule has 0 bridgehead atoms. The molecule has 4 aromatic rings. The van der Waals surface area contributed by atoms with Crippen LogP contribution in [0.25, 0.3) is 22.2 Å². The molecule has 2 saturated carbocycles. The number of fused-ring (bicyclic) bond motifs is 1. The van der Waals surface area contributed by atoms with Gasteiger partial charge in [-0.15, -0.1) is 0 Å². The molecule has 5 fully saturated rings. The Bertz CT molecular complexity index is 2140. The highest BCUT2D eigenvalue weighted by Crippen LogP contribution is 2.52. The molecule has 3 aliphatic heterocycles. The zero-order chi connectivity index (χ0) is 45.2. The molecule has 13 nitrogen and oxygen atoms in total. The lowest BCUT2D eigenvalue weighted by molar-refractivity contribution is -0.133. The number of piperidine rings is 1. The predicted molar refractivity (Wildman–Crippen MR) is 263 cm³/mol. The van der Waals surface area contributed by atoms with Crippen molar-refractivity contribution in [3.8, 4) is 11.1 Å². The van der Waals surface area contributed by atoms with Gasteiger partial charge in [0.05, 0.1) is 17.5 Å². The number of likely N-dealkylation sites (tertiary alicyclic amines) is 1. The fourth-order valence-corrected chi connectivity index (χ4v) is 11.0. The summed E-state index contributed by atoms with van der Waals surface area (Å²) in [6.45, 7) is 16.0. The molecule has 13 heteroatoms. The molecule has 2 aliphatic carbocycles. The Kier molecular flexibility index (Phi) is 16.1. The van der Waals surface area contributed by atoms with Crippen molar-refractivity contribution in [3.05, 3.63) is 66.0 Å². The number of aromatic nitrogens is 3. The molecule has 5 heterocycles. The van der Waals surface area contributed by atoms with Gasteiger partial charge in [0.25, 0.3) is 0 Å². The monoisotopic (exact) mass is 889 g/mol. The van der Waals surface area contributed by atoms with Gasteiger partial charge in [0.1, 0.15) is 11.7 Å². The average molecular weight is 889 g/mol. The topological polar surface area (TPSA) is 154 Å². The number of imide groups is 1. The first kappa shape index (κ1) is 47.0. The van der Waals surface area contributed by atoms with Crippen LogP contribution in [0.2, 0.25) is 0 Å². The highest BCUT2D eigenvalue weighted by atomic mass is 16.3. The molecule has 1 unspecified atom stereocenters. The first-order valence-electron chi connectivity index (χ1n) is 25.1. The first-order valence-corrected chi connectivity index (χ1v) is 25.1. The summed E-state index contributed by atoms with van der Waals surface area (Å²) in [4.78, 5) is 44.4. The van der Waals surface area contributed by atoms with Crippen LogP contribution in [0.4, 0.5) is 17.3 Å². The van der Waals surface area contributed by atoms with Crippen molar-refractivity contribution in [2.45, 2.75) is 122 Å². The highest BCUT2D eigenvalue weighted by Gasteiger charge is 2.51. The second kappa shape index (κ2) is 22.3. The van der Waals surface area contributed by atoms with E-state index in [1.807, 2.05) is 13.2 Å². The molecule has 2 amide bonds. The Balaban J connectivity index is 0.000000753. The molecule has 2 aromatic carbocycles. The van der Waals surface area contributed by atoms with Gasteiger partial charge in [-0.25, -0.2) is 4.98 Å². The molecule has 352 valence electrons. The summed E-state index contributed by atoms with van der Waals surface area (Å²) in [7, 11) is 1.91. The van der Waals surface area contributed by atoms with Crippen LogP contribution in [0, 0.1) is 17.3 Å². The lowest BCUT2D eigenvalue weighted by Gasteiger charge is -2.60. The van der Waals surface area contributed by atoms with Crippen molar-refractivity contribution < 1.29 is 14.7 Å².